The molecule has 0 unspecified atom stereocenters. The topological polar surface area (TPSA) is 55.4 Å². The van der Waals surface area contributed by atoms with Crippen LogP contribution in [0.4, 0.5) is 10.5 Å². The zero-order valence-electron chi connectivity index (χ0n) is 14.6. The van der Waals surface area contributed by atoms with Crippen molar-refractivity contribution in [3.8, 4) is 0 Å². The number of anilines is 1. The van der Waals surface area contributed by atoms with Gasteiger partial charge in [-0.1, -0.05) is 57.2 Å². The molecule has 1 amide bonds. The average Bonchev–Trinajstić information content (AvgIpc) is 2.53. The van der Waals surface area contributed by atoms with Gasteiger partial charge in [0.05, 0.1) is 5.69 Å². The summed E-state index contributed by atoms with van der Waals surface area (Å²) in [5.74, 6) is -0.0977. The Labute approximate surface area is 142 Å². The van der Waals surface area contributed by atoms with E-state index in [1.54, 1.807) is 6.07 Å². The zero-order chi connectivity index (χ0) is 17.7. The van der Waals surface area contributed by atoms with Gasteiger partial charge in [0.2, 0.25) is 0 Å². The lowest BCUT2D eigenvalue weighted by molar-refractivity contribution is 0.101. The van der Waals surface area contributed by atoms with Gasteiger partial charge in [-0.05, 0) is 35.6 Å². The van der Waals surface area contributed by atoms with Crippen molar-refractivity contribution in [2.45, 2.75) is 39.7 Å². The predicted molar refractivity (Wildman–Crippen MR) is 95.4 cm³/mol. The van der Waals surface area contributed by atoms with Gasteiger partial charge in [0.25, 0.3) is 0 Å². The number of hydrogen-bond donors (Lipinski definition) is 1. The van der Waals surface area contributed by atoms with E-state index in [9.17, 15) is 9.59 Å². The monoisotopic (exact) mass is 325 g/mol. The molecule has 0 fully saturated rings. The maximum absolute atomic E-state index is 12.0. The lowest BCUT2D eigenvalue weighted by atomic mass is 9.85. The smallest absolute Gasteiger partial charge is 0.411 e. The minimum atomic E-state index is -0.579. The number of Topliss-reactive ketones (excluding diaryl/α,β-unsaturated/α-hetero) is 1. The number of amides is 1. The number of carbonyl (C=O) groups is 2. The highest BCUT2D eigenvalue weighted by Gasteiger charge is 2.18. The summed E-state index contributed by atoms with van der Waals surface area (Å²) >= 11 is 0. The summed E-state index contributed by atoms with van der Waals surface area (Å²) in [7, 11) is 0. The number of hydrogen-bond acceptors (Lipinski definition) is 3. The normalized spacial score (nSPS) is 11.0. The van der Waals surface area contributed by atoms with Crippen molar-refractivity contribution in [3.05, 3.63) is 65.2 Å². The van der Waals surface area contributed by atoms with Crippen molar-refractivity contribution in [1.29, 1.82) is 0 Å². The predicted octanol–water partition coefficient (Wildman–Crippen LogP) is 4.94. The van der Waals surface area contributed by atoms with Gasteiger partial charge in [0.1, 0.15) is 6.61 Å². The summed E-state index contributed by atoms with van der Waals surface area (Å²) in [6.45, 7) is 7.90. The van der Waals surface area contributed by atoms with Crippen LogP contribution in [0.2, 0.25) is 0 Å². The molecule has 0 saturated carbocycles. The second-order valence-electron chi connectivity index (χ2n) is 6.75. The van der Waals surface area contributed by atoms with Crippen molar-refractivity contribution in [1.82, 2.24) is 0 Å². The van der Waals surface area contributed by atoms with E-state index in [1.807, 2.05) is 42.5 Å². The lowest BCUT2D eigenvalue weighted by Gasteiger charge is -2.21. The van der Waals surface area contributed by atoms with Gasteiger partial charge in [0.15, 0.2) is 5.78 Å². The summed E-state index contributed by atoms with van der Waals surface area (Å²) in [6.07, 6.45) is -0.579. The Hall–Kier alpha value is -2.62. The van der Waals surface area contributed by atoms with Crippen LogP contribution in [-0.4, -0.2) is 11.9 Å². The molecule has 24 heavy (non-hydrogen) atoms. The second kappa shape index (κ2) is 7.30. The number of ether oxygens (including phenoxy) is 1. The number of ketones is 1. The summed E-state index contributed by atoms with van der Waals surface area (Å²) < 4.78 is 5.20. The molecule has 0 aliphatic heterocycles. The van der Waals surface area contributed by atoms with Gasteiger partial charge >= 0.3 is 6.09 Å². The highest BCUT2D eigenvalue weighted by atomic mass is 16.5. The van der Waals surface area contributed by atoms with Crippen molar-refractivity contribution >= 4 is 17.6 Å². The van der Waals surface area contributed by atoms with Crippen molar-refractivity contribution < 1.29 is 14.3 Å². The first-order chi connectivity index (χ1) is 11.3. The third-order valence-electron chi connectivity index (χ3n) is 3.71. The fourth-order valence-corrected chi connectivity index (χ4v) is 2.28. The Morgan fingerprint density at radius 1 is 1.04 bits per heavy atom. The van der Waals surface area contributed by atoms with Gasteiger partial charge < -0.3 is 4.74 Å². The summed E-state index contributed by atoms with van der Waals surface area (Å²) in [4.78, 5) is 23.9. The molecule has 0 radical (unpaired) electrons. The van der Waals surface area contributed by atoms with Crippen LogP contribution in [0.3, 0.4) is 0 Å². The molecule has 0 spiro atoms. The Kier molecular flexibility index (Phi) is 5.39. The standard InChI is InChI=1S/C20H23NO3/c1-14(22)17-12-16(20(2,3)4)10-11-18(17)21-19(23)24-13-15-8-6-5-7-9-15/h5-12H,13H2,1-4H3,(H,21,23). The maximum Gasteiger partial charge on any atom is 0.411 e. The van der Waals surface area contributed by atoms with Crippen LogP contribution < -0.4 is 5.32 Å². The van der Waals surface area contributed by atoms with E-state index in [0.717, 1.165) is 11.1 Å². The number of rotatable bonds is 4. The molecule has 126 valence electrons. The molecule has 0 aliphatic rings. The van der Waals surface area contributed by atoms with Crippen LogP contribution in [0.5, 0.6) is 0 Å². The van der Waals surface area contributed by atoms with E-state index in [0.29, 0.717) is 11.3 Å². The number of carbonyl (C=O) groups excluding carboxylic acids is 2. The molecule has 0 atom stereocenters. The van der Waals surface area contributed by atoms with E-state index in [2.05, 4.69) is 26.1 Å². The average molecular weight is 325 g/mol. The van der Waals surface area contributed by atoms with Gasteiger partial charge in [-0.25, -0.2) is 4.79 Å². The first-order valence-electron chi connectivity index (χ1n) is 7.90. The van der Waals surface area contributed by atoms with Crippen LogP contribution in [0, 0.1) is 0 Å². The molecule has 1 N–H and O–H groups in total. The van der Waals surface area contributed by atoms with Gasteiger partial charge in [0, 0.05) is 5.56 Å². The van der Waals surface area contributed by atoms with Crippen molar-refractivity contribution in [2.75, 3.05) is 5.32 Å². The van der Waals surface area contributed by atoms with Crippen LogP contribution in [0.25, 0.3) is 0 Å². The van der Waals surface area contributed by atoms with Gasteiger partial charge in [-0.15, -0.1) is 0 Å². The first-order valence-corrected chi connectivity index (χ1v) is 7.90. The van der Waals surface area contributed by atoms with Crippen LogP contribution in [0.15, 0.2) is 48.5 Å². The van der Waals surface area contributed by atoms with Crippen LogP contribution in [-0.2, 0) is 16.8 Å². The maximum atomic E-state index is 12.0. The molecule has 2 aromatic rings. The molecule has 0 aromatic heterocycles. The van der Waals surface area contributed by atoms with Crippen LogP contribution >= 0.6 is 0 Å². The first kappa shape index (κ1) is 17.7. The minimum absolute atomic E-state index is 0.0729. The quantitative estimate of drug-likeness (QED) is 0.810. The Bertz CT molecular complexity index is 730. The van der Waals surface area contributed by atoms with Crippen molar-refractivity contribution in [2.24, 2.45) is 0 Å². The fourth-order valence-electron chi connectivity index (χ4n) is 2.28. The molecule has 0 bridgehead atoms. The zero-order valence-corrected chi connectivity index (χ0v) is 14.6. The number of benzene rings is 2. The molecule has 0 aliphatic carbocycles. The Balaban J connectivity index is 2.11. The van der Waals surface area contributed by atoms with E-state index in [4.69, 9.17) is 4.74 Å². The van der Waals surface area contributed by atoms with E-state index in [1.165, 1.54) is 6.92 Å². The lowest BCUT2D eigenvalue weighted by Crippen LogP contribution is -2.17. The van der Waals surface area contributed by atoms with E-state index in [-0.39, 0.29) is 17.8 Å². The molecule has 2 aromatic carbocycles. The van der Waals surface area contributed by atoms with Gasteiger partial charge in [-0.3, -0.25) is 10.1 Å². The fraction of sp³-hybridized carbons (Fsp3) is 0.300. The summed E-state index contributed by atoms with van der Waals surface area (Å²) in [5.41, 5.74) is 2.82. The summed E-state index contributed by atoms with van der Waals surface area (Å²) in [6, 6.07) is 14.9. The number of nitrogens with one attached hydrogen (secondary N) is 1. The molecule has 4 nitrogen and oxygen atoms in total. The molecule has 4 heteroatoms. The molecule has 2 rings (SSSR count). The Morgan fingerprint density at radius 3 is 2.29 bits per heavy atom. The highest BCUT2D eigenvalue weighted by Crippen LogP contribution is 2.27. The third-order valence-corrected chi connectivity index (χ3v) is 3.71. The summed E-state index contributed by atoms with van der Waals surface area (Å²) in [5, 5.41) is 2.66. The molecule has 0 saturated heterocycles. The highest BCUT2D eigenvalue weighted by molar-refractivity contribution is 6.02. The molecular formula is C20H23NO3. The van der Waals surface area contributed by atoms with Crippen molar-refractivity contribution in [3.63, 3.8) is 0 Å². The van der Waals surface area contributed by atoms with E-state index >= 15 is 0 Å². The second-order valence-corrected chi connectivity index (χ2v) is 6.75. The Morgan fingerprint density at radius 2 is 1.71 bits per heavy atom. The van der Waals surface area contributed by atoms with E-state index < -0.39 is 6.09 Å². The van der Waals surface area contributed by atoms with Crippen LogP contribution in [0.1, 0.15) is 49.2 Å². The molecular weight excluding hydrogens is 302 g/mol. The SMILES string of the molecule is CC(=O)c1cc(C(C)(C)C)ccc1NC(=O)OCc1ccccc1. The third kappa shape index (κ3) is 4.69. The minimum Gasteiger partial charge on any atom is -0.444 e. The van der Waals surface area contributed by atoms with Gasteiger partial charge in [-0.2, -0.15) is 0 Å². The molecule has 0 heterocycles. The largest absolute Gasteiger partial charge is 0.444 e.